The Morgan fingerprint density at radius 1 is 1.18 bits per heavy atom. The van der Waals surface area contributed by atoms with Crippen molar-refractivity contribution in [2.45, 2.75) is 69.1 Å². The third-order valence-electron chi connectivity index (χ3n) is 6.18. The van der Waals surface area contributed by atoms with E-state index in [2.05, 4.69) is 34.2 Å². The Balaban J connectivity index is 1.30. The lowest BCUT2D eigenvalue weighted by molar-refractivity contribution is -0.134. The molecule has 3 unspecified atom stereocenters. The normalized spacial score (nSPS) is 23.2. The number of amides is 1. The van der Waals surface area contributed by atoms with Gasteiger partial charge in [-0.05, 0) is 43.1 Å². The van der Waals surface area contributed by atoms with Crippen molar-refractivity contribution in [2.75, 3.05) is 12.3 Å². The maximum Gasteiger partial charge on any atom is 0.277 e. The van der Waals surface area contributed by atoms with E-state index in [0.29, 0.717) is 41.2 Å². The van der Waals surface area contributed by atoms with Crippen molar-refractivity contribution in [1.29, 1.82) is 0 Å². The Bertz CT molecular complexity index is 777. The molecule has 28 heavy (non-hydrogen) atoms. The van der Waals surface area contributed by atoms with Crippen LogP contribution in [0.5, 0.6) is 0 Å². The third-order valence-corrected chi connectivity index (χ3v) is 6.98. The SMILES string of the molecule is CC(Cc1nnc(SCC(=O)N2CCCC3CCCCC32)o1)c1ccccc1. The highest BCUT2D eigenvalue weighted by atomic mass is 32.2. The summed E-state index contributed by atoms with van der Waals surface area (Å²) in [5.74, 6) is 2.28. The van der Waals surface area contributed by atoms with Crippen LogP contribution in [0.4, 0.5) is 0 Å². The number of likely N-dealkylation sites (tertiary alicyclic amines) is 1. The molecule has 0 spiro atoms. The maximum atomic E-state index is 12.8. The number of carbonyl (C=O) groups is 1. The number of thioether (sulfide) groups is 1. The molecule has 2 aliphatic rings. The second-order valence-electron chi connectivity index (χ2n) is 8.11. The Morgan fingerprint density at radius 3 is 2.82 bits per heavy atom. The van der Waals surface area contributed by atoms with Crippen molar-refractivity contribution in [2.24, 2.45) is 5.92 Å². The molecule has 4 rings (SSSR count). The minimum Gasteiger partial charge on any atom is -0.416 e. The van der Waals surface area contributed by atoms with Gasteiger partial charge in [-0.15, -0.1) is 10.2 Å². The van der Waals surface area contributed by atoms with Gasteiger partial charge < -0.3 is 9.32 Å². The largest absolute Gasteiger partial charge is 0.416 e. The van der Waals surface area contributed by atoms with E-state index in [4.69, 9.17) is 4.42 Å². The number of piperidine rings is 1. The molecule has 1 saturated heterocycles. The van der Waals surface area contributed by atoms with Crippen molar-refractivity contribution in [3.63, 3.8) is 0 Å². The molecule has 2 heterocycles. The van der Waals surface area contributed by atoms with Gasteiger partial charge in [-0.1, -0.05) is 61.9 Å². The minimum absolute atomic E-state index is 0.221. The molecule has 0 radical (unpaired) electrons. The molecule has 1 aromatic heterocycles. The number of aromatic nitrogens is 2. The van der Waals surface area contributed by atoms with E-state index in [1.165, 1.54) is 49.4 Å². The lowest BCUT2D eigenvalue weighted by Gasteiger charge is -2.44. The Morgan fingerprint density at radius 2 is 1.96 bits per heavy atom. The molecular weight excluding hydrogens is 370 g/mol. The third kappa shape index (κ3) is 4.59. The fourth-order valence-electron chi connectivity index (χ4n) is 4.68. The zero-order valence-corrected chi connectivity index (χ0v) is 17.4. The van der Waals surface area contributed by atoms with Gasteiger partial charge in [-0.2, -0.15) is 0 Å². The average molecular weight is 400 g/mol. The highest BCUT2D eigenvalue weighted by Gasteiger charge is 2.35. The highest BCUT2D eigenvalue weighted by molar-refractivity contribution is 7.99. The molecule has 2 aromatic rings. The fraction of sp³-hybridized carbons (Fsp3) is 0.591. The minimum atomic E-state index is 0.221. The summed E-state index contributed by atoms with van der Waals surface area (Å²) >= 11 is 1.37. The predicted molar refractivity (Wildman–Crippen MR) is 110 cm³/mol. The van der Waals surface area contributed by atoms with Gasteiger partial charge in [-0.25, -0.2) is 0 Å². The van der Waals surface area contributed by atoms with Crippen LogP contribution in [0.25, 0.3) is 0 Å². The first-order valence-corrected chi connectivity index (χ1v) is 11.5. The van der Waals surface area contributed by atoms with Crippen LogP contribution in [0.1, 0.15) is 62.8 Å². The Kier molecular flexibility index (Phi) is 6.35. The lowest BCUT2D eigenvalue weighted by Crippen LogP contribution is -2.50. The van der Waals surface area contributed by atoms with Crippen LogP contribution in [-0.2, 0) is 11.2 Å². The summed E-state index contributed by atoms with van der Waals surface area (Å²) < 4.78 is 5.79. The van der Waals surface area contributed by atoms with Crippen LogP contribution in [0.2, 0.25) is 0 Å². The number of nitrogens with zero attached hydrogens (tertiary/aromatic N) is 3. The lowest BCUT2D eigenvalue weighted by atomic mass is 9.78. The molecular formula is C22H29N3O2S. The molecule has 0 N–H and O–H groups in total. The van der Waals surface area contributed by atoms with Crippen LogP contribution in [0.3, 0.4) is 0 Å². The summed E-state index contributed by atoms with van der Waals surface area (Å²) in [6, 6.07) is 10.8. The van der Waals surface area contributed by atoms with Crippen LogP contribution in [0.15, 0.2) is 40.0 Å². The zero-order valence-electron chi connectivity index (χ0n) is 16.5. The van der Waals surface area contributed by atoms with E-state index < -0.39 is 0 Å². The first-order valence-electron chi connectivity index (χ1n) is 10.5. The molecule has 6 heteroatoms. The molecule has 1 aromatic carbocycles. The molecule has 1 aliphatic heterocycles. The maximum absolute atomic E-state index is 12.8. The molecule has 5 nitrogen and oxygen atoms in total. The van der Waals surface area contributed by atoms with Gasteiger partial charge >= 0.3 is 0 Å². The second-order valence-corrected chi connectivity index (χ2v) is 9.03. The van der Waals surface area contributed by atoms with E-state index in [0.717, 1.165) is 13.0 Å². The smallest absolute Gasteiger partial charge is 0.277 e. The summed E-state index contributed by atoms with van der Waals surface area (Å²) in [5.41, 5.74) is 1.26. The molecule has 0 bridgehead atoms. The van der Waals surface area contributed by atoms with E-state index in [1.54, 1.807) is 0 Å². The van der Waals surface area contributed by atoms with Crippen molar-refractivity contribution < 1.29 is 9.21 Å². The van der Waals surface area contributed by atoms with E-state index >= 15 is 0 Å². The van der Waals surface area contributed by atoms with Crippen molar-refractivity contribution in [1.82, 2.24) is 15.1 Å². The topological polar surface area (TPSA) is 59.2 Å². The molecule has 1 aliphatic carbocycles. The fourth-order valence-corrected chi connectivity index (χ4v) is 5.35. The van der Waals surface area contributed by atoms with Gasteiger partial charge in [-0.3, -0.25) is 4.79 Å². The number of hydrogen-bond donors (Lipinski definition) is 0. The van der Waals surface area contributed by atoms with Gasteiger partial charge in [0, 0.05) is 19.0 Å². The standard InChI is InChI=1S/C22H29N3O2S/c1-16(17-8-3-2-4-9-17)14-20-23-24-22(27-20)28-15-21(26)25-13-7-11-18-10-5-6-12-19(18)25/h2-4,8-9,16,18-19H,5-7,10-15H2,1H3. The quantitative estimate of drug-likeness (QED) is 0.660. The number of hydrogen-bond acceptors (Lipinski definition) is 5. The van der Waals surface area contributed by atoms with E-state index in [9.17, 15) is 4.79 Å². The summed E-state index contributed by atoms with van der Waals surface area (Å²) in [7, 11) is 0. The van der Waals surface area contributed by atoms with Gasteiger partial charge in [0.15, 0.2) is 0 Å². The highest BCUT2D eigenvalue weighted by Crippen LogP contribution is 2.35. The van der Waals surface area contributed by atoms with Crippen LogP contribution < -0.4 is 0 Å². The molecule has 3 atom stereocenters. The number of fused-ring (bicyclic) bond motifs is 1. The number of carbonyl (C=O) groups excluding carboxylic acids is 1. The molecule has 1 amide bonds. The first kappa shape index (κ1) is 19.5. The summed E-state index contributed by atoms with van der Waals surface area (Å²) in [6.45, 7) is 3.07. The van der Waals surface area contributed by atoms with Crippen LogP contribution in [0, 0.1) is 5.92 Å². The molecule has 2 fully saturated rings. The van der Waals surface area contributed by atoms with Gasteiger partial charge in [0.2, 0.25) is 11.8 Å². The first-order chi connectivity index (χ1) is 13.7. The van der Waals surface area contributed by atoms with Crippen molar-refractivity contribution in [3.05, 3.63) is 41.8 Å². The van der Waals surface area contributed by atoms with Gasteiger partial charge in [0.05, 0.1) is 5.75 Å². The average Bonchev–Trinajstić information content (AvgIpc) is 3.19. The molecule has 150 valence electrons. The summed E-state index contributed by atoms with van der Waals surface area (Å²) in [5, 5.41) is 8.81. The van der Waals surface area contributed by atoms with E-state index in [1.807, 2.05) is 18.2 Å². The molecule has 1 saturated carbocycles. The van der Waals surface area contributed by atoms with Crippen molar-refractivity contribution >= 4 is 17.7 Å². The Hall–Kier alpha value is -1.82. The zero-order chi connectivity index (χ0) is 19.3. The van der Waals surface area contributed by atoms with Gasteiger partial charge in [0.1, 0.15) is 0 Å². The Labute approximate surface area is 171 Å². The summed E-state index contributed by atoms with van der Waals surface area (Å²) in [6.07, 6.45) is 8.17. The van der Waals surface area contributed by atoms with Crippen LogP contribution >= 0.6 is 11.8 Å². The number of rotatable bonds is 6. The monoisotopic (exact) mass is 399 g/mol. The van der Waals surface area contributed by atoms with Crippen molar-refractivity contribution in [3.8, 4) is 0 Å². The predicted octanol–water partition coefficient (Wildman–Crippen LogP) is 4.69. The second kappa shape index (κ2) is 9.12. The summed E-state index contributed by atoms with van der Waals surface area (Å²) in [4.78, 5) is 14.9. The van der Waals surface area contributed by atoms with E-state index in [-0.39, 0.29) is 5.91 Å². The number of benzene rings is 1. The van der Waals surface area contributed by atoms with Gasteiger partial charge in [0.25, 0.3) is 5.22 Å². The van der Waals surface area contributed by atoms with Crippen LogP contribution in [-0.4, -0.2) is 39.3 Å².